The summed E-state index contributed by atoms with van der Waals surface area (Å²) in [6, 6.07) is 2.35. The van der Waals surface area contributed by atoms with Crippen LogP contribution in [0.15, 0.2) is 17.0 Å². The highest BCUT2D eigenvalue weighted by Crippen LogP contribution is 2.31. The van der Waals surface area contributed by atoms with Crippen LogP contribution >= 0.6 is 35.6 Å². The molecular formula is C12H18Cl3FN2O2S. The quantitative estimate of drug-likeness (QED) is 0.799. The van der Waals surface area contributed by atoms with E-state index in [-0.39, 0.29) is 28.9 Å². The Bertz CT molecular complexity index is 609. The van der Waals surface area contributed by atoms with Crippen LogP contribution in [0.25, 0.3) is 0 Å². The Morgan fingerprint density at radius 3 is 2.33 bits per heavy atom. The lowest BCUT2D eigenvalue weighted by Crippen LogP contribution is -2.39. The van der Waals surface area contributed by atoms with Gasteiger partial charge in [-0.2, -0.15) is 0 Å². The fourth-order valence-corrected chi connectivity index (χ4v) is 3.70. The van der Waals surface area contributed by atoms with Gasteiger partial charge in [0.2, 0.25) is 10.0 Å². The molecule has 0 amide bonds. The number of halogens is 4. The maximum absolute atomic E-state index is 13.6. The molecule has 0 saturated heterocycles. The molecule has 1 aromatic carbocycles. The van der Waals surface area contributed by atoms with E-state index in [0.29, 0.717) is 6.54 Å². The van der Waals surface area contributed by atoms with Crippen LogP contribution in [-0.4, -0.2) is 32.9 Å². The Morgan fingerprint density at radius 1 is 1.33 bits per heavy atom. The third kappa shape index (κ3) is 4.68. The number of hydrogen-bond acceptors (Lipinski definition) is 3. The van der Waals surface area contributed by atoms with E-state index >= 15 is 0 Å². The molecule has 0 heterocycles. The summed E-state index contributed by atoms with van der Waals surface area (Å²) in [5, 5.41) is -0.728. The first-order chi connectivity index (χ1) is 9.03. The van der Waals surface area contributed by atoms with E-state index in [1.165, 1.54) is 13.1 Å². The maximum Gasteiger partial charge on any atom is 0.244 e. The average Bonchev–Trinajstić information content (AvgIpc) is 2.35. The molecule has 0 aromatic heterocycles. The zero-order chi connectivity index (χ0) is 15.7. The molecule has 4 nitrogen and oxygen atoms in total. The van der Waals surface area contributed by atoms with Crippen LogP contribution < -0.4 is 5.73 Å². The minimum absolute atomic E-state index is 0. The molecule has 0 unspecified atom stereocenters. The van der Waals surface area contributed by atoms with Gasteiger partial charge >= 0.3 is 0 Å². The molecule has 0 saturated carbocycles. The molecule has 9 heteroatoms. The lowest BCUT2D eigenvalue weighted by Gasteiger charge is -2.28. The summed E-state index contributed by atoms with van der Waals surface area (Å²) in [6.45, 7) is 4.17. The Kier molecular flexibility index (Phi) is 7.40. The summed E-state index contributed by atoms with van der Waals surface area (Å²) in [7, 11) is -2.51. The fraction of sp³-hybridized carbons (Fsp3) is 0.500. The number of sulfonamides is 1. The number of nitrogens with zero attached hydrogens (tertiary/aromatic N) is 1. The van der Waals surface area contributed by atoms with Crippen LogP contribution in [-0.2, 0) is 10.0 Å². The smallest absolute Gasteiger partial charge is 0.244 e. The summed E-state index contributed by atoms with van der Waals surface area (Å²) in [4.78, 5) is -0.309. The highest BCUT2D eigenvalue weighted by atomic mass is 35.5. The molecule has 21 heavy (non-hydrogen) atoms. The zero-order valence-electron chi connectivity index (χ0n) is 11.9. The molecule has 2 N–H and O–H groups in total. The molecule has 1 rings (SSSR count). The van der Waals surface area contributed by atoms with E-state index in [2.05, 4.69) is 0 Å². The van der Waals surface area contributed by atoms with Gasteiger partial charge in [-0.3, -0.25) is 0 Å². The average molecular weight is 380 g/mol. The van der Waals surface area contributed by atoms with Gasteiger partial charge < -0.3 is 5.73 Å². The molecule has 0 aliphatic heterocycles. The van der Waals surface area contributed by atoms with Gasteiger partial charge in [-0.25, -0.2) is 17.1 Å². The number of benzene rings is 1. The summed E-state index contributed by atoms with van der Waals surface area (Å²) < 4.78 is 39.5. The van der Waals surface area contributed by atoms with Crippen LogP contribution in [0.3, 0.4) is 0 Å². The third-order valence-electron chi connectivity index (χ3n) is 2.89. The summed E-state index contributed by atoms with van der Waals surface area (Å²) in [5.74, 6) is -0.944. The molecule has 0 spiro atoms. The first kappa shape index (κ1) is 20.9. The van der Waals surface area contributed by atoms with Gasteiger partial charge in [-0.05, 0) is 24.1 Å². The molecule has 0 atom stereocenters. The molecule has 0 radical (unpaired) electrons. The number of hydrogen-bond donors (Lipinski definition) is 1. The molecule has 0 fully saturated rings. The second kappa shape index (κ2) is 7.44. The van der Waals surface area contributed by atoms with Crippen LogP contribution in [0, 0.1) is 11.2 Å². The monoisotopic (exact) mass is 378 g/mol. The van der Waals surface area contributed by atoms with E-state index in [1.807, 2.05) is 13.8 Å². The fourth-order valence-electron chi connectivity index (χ4n) is 1.63. The van der Waals surface area contributed by atoms with Crippen molar-refractivity contribution in [2.75, 3.05) is 20.1 Å². The van der Waals surface area contributed by atoms with Gasteiger partial charge in [0.1, 0.15) is 4.90 Å². The Morgan fingerprint density at radius 2 is 1.86 bits per heavy atom. The van der Waals surface area contributed by atoms with Crippen molar-refractivity contribution in [3.63, 3.8) is 0 Å². The minimum Gasteiger partial charge on any atom is -0.330 e. The second-order valence-corrected chi connectivity index (χ2v) is 8.10. The first-order valence-electron chi connectivity index (χ1n) is 5.83. The largest absolute Gasteiger partial charge is 0.330 e. The lowest BCUT2D eigenvalue weighted by molar-refractivity contribution is 0.292. The van der Waals surface area contributed by atoms with Crippen molar-refractivity contribution in [3.8, 4) is 0 Å². The van der Waals surface area contributed by atoms with Crippen molar-refractivity contribution < 1.29 is 12.8 Å². The SMILES string of the molecule is CN(CC(C)(C)CN)S(=O)(=O)c1ccc(Cl)c(F)c1Cl.Cl. The van der Waals surface area contributed by atoms with Crippen molar-refractivity contribution in [1.29, 1.82) is 0 Å². The van der Waals surface area contributed by atoms with Crippen LogP contribution in [0.1, 0.15) is 13.8 Å². The van der Waals surface area contributed by atoms with Gasteiger partial charge in [-0.15, -0.1) is 12.4 Å². The van der Waals surface area contributed by atoms with Crippen LogP contribution in [0.5, 0.6) is 0 Å². The van der Waals surface area contributed by atoms with E-state index in [0.717, 1.165) is 10.4 Å². The normalized spacial score (nSPS) is 12.4. The third-order valence-corrected chi connectivity index (χ3v) is 5.51. The van der Waals surface area contributed by atoms with E-state index < -0.39 is 26.3 Å². The van der Waals surface area contributed by atoms with Crippen molar-refractivity contribution in [2.24, 2.45) is 11.1 Å². The summed E-state index contributed by atoms with van der Waals surface area (Å²) in [5.41, 5.74) is 5.18. The van der Waals surface area contributed by atoms with Gasteiger partial charge in [0.25, 0.3) is 0 Å². The van der Waals surface area contributed by atoms with E-state index in [1.54, 1.807) is 0 Å². The highest BCUT2D eigenvalue weighted by molar-refractivity contribution is 7.89. The van der Waals surface area contributed by atoms with Gasteiger partial charge in [0.05, 0.1) is 10.0 Å². The van der Waals surface area contributed by atoms with Gasteiger partial charge in [-0.1, -0.05) is 37.0 Å². The van der Waals surface area contributed by atoms with Crippen molar-refractivity contribution in [3.05, 3.63) is 28.0 Å². The molecule has 0 aliphatic rings. The zero-order valence-corrected chi connectivity index (χ0v) is 15.0. The number of rotatable bonds is 5. The van der Waals surface area contributed by atoms with E-state index in [4.69, 9.17) is 28.9 Å². The molecule has 122 valence electrons. The molecule has 0 bridgehead atoms. The Hall–Kier alpha value is -0.110. The predicted molar refractivity (Wildman–Crippen MR) is 86.3 cm³/mol. The standard InChI is InChI=1S/C12H17Cl2FN2O2S.ClH/c1-12(2,6-16)7-17(3)20(18,19)9-5-4-8(13)11(15)10(9)14;/h4-5H,6-7,16H2,1-3H3;1H. The second-order valence-electron chi connectivity index (χ2n) is 5.30. The predicted octanol–water partition coefficient (Wildman–Crippen LogP) is 3.16. The van der Waals surface area contributed by atoms with Crippen molar-refractivity contribution >= 4 is 45.6 Å². The van der Waals surface area contributed by atoms with Gasteiger partial charge in [0, 0.05) is 13.6 Å². The maximum atomic E-state index is 13.6. The lowest BCUT2D eigenvalue weighted by atomic mass is 9.94. The number of nitrogens with two attached hydrogens (primary N) is 1. The highest BCUT2D eigenvalue weighted by Gasteiger charge is 2.30. The van der Waals surface area contributed by atoms with Crippen molar-refractivity contribution in [1.82, 2.24) is 4.31 Å². The van der Waals surface area contributed by atoms with Crippen molar-refractivity contribution in [2.45, 2.75) is 18.7 Å². The first-order valence-corrected chi connectivity index (χ1v) is 8.02. The summed E-state index contributed by atoms with van der Waals surface area (Å²) in [6.07, 6.45) is 0. The summed E-state index contributed by atoms with van der Waals surface area (Å²) >= 11 is 11.3. The topological polar surface area (TPSA) is 63.4 Å². The van der Waals surface area contributed by atoms with Gasteiger partial charge in [0.15, 0.2) is 5.82 Å². The molecule has 1 aromatic rings. The van der Waals surface area contributed by atoms with Crippen LogP contribution in [0.4, 0.5) is 4.39 Å². The minimum atomic E-state index is -3.91. The van der Waals surface area contributed by atoms with E-state index in [9.17, 15) is 12.8 Å². The molecular weight excluding hydrogens is 362 g/mol. The molecule has 0 aliphatic carbocycles. The Balaban J connectivity index is 0.00000400. The van der Waals surface area contributed by atoms with Crippen LogP contribution in [0.2, 0.25) is 10.0 Å². The Labute approximate surface area is 140 Å².